The molecule has 0 unspecified atom stereocenters. The molecular formula is C18H23N3O. The summed E-state index contributed by atoms with van der Waals surface area (Å²) in [7, 11) is 0. The Morgan fingerprint density at radius 1 is 1.14 bits per heavy atom. The topological polar surface area (TPSA) is 54.0 Å². The highest BCUT2D eigenvalue weighted by Gasteiger charge is 2.18. The van der Waals surface area contributed by atoms with Gasteiger partial charge in [-0.05, 0) is 35.1 Å². The van der Waals surface area contributed by atoms with E-state index in [9.17, 15) is 4.79 Å². The molecule has 4 heteroatoms. The van der Waals surface area contributed by atoms with Crippen LogP contribution in [0.25, 0.3) is 0 Å². The van der Waals surface area contributed by atoms with Crippen LogP contribution in [-0.2, 0) is 11.8 Å². The molecule has 2 N–H and O–H groups in total. The predicted molar refractivity (Wildman–Crippen MR) is 90.1 cm³/mol. The summed E-state index contributed by atoms with van der Waals surface area (Å²) in [5, 5.41) is 5.82. The minimum Gasteiger partial charge on any atom is -0.338 e. The molecule has 0 bridgehead atoms. The number of carbonyl (C=O) groups is 1. The average molecular weight is 297 g/mol. The van der Waals surface area contributed by atoms with Crippen molar-refractivity contribution in [1.82, 2.24) is 10.3 Å². The number of pyridine rings is 1. The summed E-state index contributed by atoms with van der Waals surface area (Å²) < 4.78 is 0. The molecule has 4 nitrogen and oxygen atoms in total. The highest BCUT2D eigenvalue weighted by Crippen LogP contribution is 2.29. The van der Waals surface area contributed by atoms with Gasteiger partial charge in [0.05, 0.1) is 0 Å². The molecule has 2 aromatic rings. The van der Waals surface area contributed by atoms with Crippen molar-refractivity contribution in [3.05, 3.63) is 59.9 Å². The van der Waals surface area contributed by atoms with Crippen molar-refractivity contribution >= 4 is 11.7 Å². The van der Waals surface area contributed by atoms with Gasteiger partial charge in [0.25, 0.3) is 0 Å². The Bertz CT molecular complexity index is 618. The van der Waals surface area contributed by atoms with Gasteiger partial charge in [-0.25, -0.2) is 4.79 Å². The molecule has 0 fully saturated rings. The molecule has 1 aromatic carbocycles. The third kappa shape index (κ3) is 4.58. The summed E-state index contributed by atoms with van der Waals surface area (Å²) in [6.07, 6.45) is 4.32. The standard InChI is InChI=1S/C18H23N3O/c1-18(2,3)15-8-4-5-9-16(15)21-17(22)20-12-10-14-7-6-11-19-13-14/h4-9,11,13H,10,12H2,1-3H3,(H2,20,21,22). The number of carbonyl (C=O) groups excluding carboxylic acids is 1. The van der Waals surface area contributed by atoms with Crippen molar-refractivity contribution in [3.63, 3.8) is 0 Å². The van der Waals surface area contributed by atoms with Gasteiger partial charge in [-0.2, -0.15) is 0 Å². The number of anilines is 1. The summed E-state index contributed by atoms with van der Waals surface area (Å²) in [6.45, 7) is 6.98. The number of benzene rings is 1. The monoisotopic (exact) mass is 297 g/mol. The predicted octanol–water partition coefficient (Wildman–Crippen LogP) is 3.74. The molecule has 1 aromatic heterocycles. The van der Waals surface area contributed by atoms with E-state index < -0.39 is 0 Å². The molecule has 0 atom stereocenters. The molecule has 0 saturated carbocycles. The summed E-state index contributed by atoms with van der Waals surface area (Å²) in [5.41, 5.74) is 3.07. The average Bonchev–Trinajstić information content (AvgIpc) is 2.48. The first-order valence-corrected chi connectivity index (χ1v) is 7.50. The minimum absolute atomic E-state index is 0.0143. The number of para-hydroxylation sites is 1. The van der Waals surface area contributed by atoms with E-state index >= 15 is 0 Å². The molecule has 0 aliphatic heterocycles. The summed E-state index contributed by atoms with van der Waals surface area (Å²) in [5.74, 6) is 0. The minimum atomic E-state index is -0.180. The third-order valence-corrected chi connectivity index (χ3v) is 3.41. The Kier molecular flexibility index (Phi) is 5.15. The Morgan fingerprint density at radius 3 is 2.59 bits per heavy atom. The number of rotatable bonds is 4. The SMILES string of the molecule is CC(C)(C)c1ccccc1NC(=O)NCCc1cccnc1. The van der Waals surface area contributed by atoms with E-state index in [4.69, 9.17) is 0 Å². The van der Waals surface area contributed by atoms with Crippen molar-refractivity contribution in [2.24, 2.45) is 0 Å². The second-order valence-corrected chi connectivity index (χ2v) is 6.29. The van der Waals surface area contributed by atoms with Gasteiger partial charge in [0, 0.05) is 24.6 Å². The molecule has 2 rings (SSSR count). The molecule has 22 heavy (non-hydrogen) atoms. The fourth-order valence-electron chi connectivity index (χ4n) is 2.28. The summed E-state index contributed by atoms with van der Waals surface area (Å²) >= 11 is 0. The van der Waals surface area contributed by atoms with E-state index in [-0.39, 0.29) is 11.4 Å². The number of amides is 2. The van der Waals surface area contributed by atoms with Crippen LogP contribution in [-0.4, -0.2) is 17.6 Å². The van der Waals surface area contributed by atoms with Crippen LogP contribution < -0.4 is 10.6 Å². The van der Waals surface area contributed by atoms with Crippen LogP contribution in [0.4, 0.5) is 10.5 Å². The Balaban J connectivity index is 1.90. The lowest BCUT2D eigenvalue weighted by molar-refractivity contribution is 0.252. The van der Waals surface area contributed by atoms with E-state index in [1.165, 1.54) is 0 Å². The highest BCUT2D eigenvalue weighted by atomic mass is 16.2. The van der Waals surface area contributed by atoms with E-state index in [2.05, 4.69) is 36.4 Å². The van der Waals surface area contributed by atoms with Crippen LogP contribution >= 0.6 is 0 Å². The maximum absolute atomic E-state index is 12.0. The van der Waals surface area contributed by atoms with Gasteiger partial charge in [-0.1, -0.05) is 45.0 Å². The lowest BCUT2D eigenvalue weighted by Crippen LogP contribution is -2.31. The van der Waals surface area contributed by atoms with Gasteiger partial charge in [-0.3, -0.25) is 4.98 Å². The number of nitrogens with zero attached hydrogens (tertiary/aromatic N) is 1. The summed E-state index contributed by atoms with van der Waals surface area (Å²) in [4.78, 5) is 16.1. The van der Waals surface area contributed by atoms with Crippen molar-refractivity contribution in [2.75, 3.05) is 11.9 Å². The number of nitrogens with one attached hydrogen (secondary N) is 2. The van der Waals surface area contributed by atoms with Crippen LogP contribution in [0, 0.1) is 0 Å². The first kappa shape index (κ1) is 16.0. The maximum atomic E-state index is 12.0. The fraction of sp³-hybridized carbons (Fsp3) is 0.333. The van der Waals surface area contributed by atoms with Crippen LogP contribution in [0.5, 0.6) is 0 Å². The number of hydrogen-bond donors (Lipinski definition) is 2. The lowest BCUT2D eigenvalue weighted by Gasteiger charge is -2.23. The quantitative estimate of drug-likeness (QED) is 0.903. The first-order chi connectivity index (χ1) is 10.5. The highest BCUT2D eigenvalue weighted by molar-refractivity contribution is 5.90. The van der Waals surface area contributed by atoms with Crippen LogP contribution in [0.3, 0.4) is 0 Å². The van der Waals surface area contributed by atoms with E-state index in [0.29, 0.717) is 6.54 Å². The molecule has 116 valence electrons. The summed E-state index contributed by atoms with van der Waals surface area (Å²) in [6, 6.07) is 11.6. The molecule has 0 radical (unpaired) electrons. The van der Waals surface area contributed by atoms with E-state index in [1.54, 1.807) is 6.20 Å². The van der Waals surface area contributed by atoms with Crippen molar-refractivity contribution < 1.29 is 4.79 Å². The number of hydrogen-bond acceptors (Lipinski definition) is 2. The zero-order valence-corrected chi connectivity index (χ0v) is 13.4. The zero-order chi connectivity index (χ0) is 16.0. The third-order valence-electron chi connectivity index (χ3n) is 3.41. The Hall–Kier alpha value is -2.36. The molecular weight excluding hydrogens is 274 g/mol. The smallest absolute Gasteiger partial charge is 0.319 e. The van der Waals surface area contributed by atoms with E-state index in [0.717, 1.165) is 23.2 Å². The van der Waals surface area contributed by atoms with E-state index in [1.807, 2.05) is 42.6 Å². The van der Waals surface area contributed by atoms with Gasteiger partial charge in [0.15, 0.2) is 0 Å². The van der Waals surface area contributed by atoms with Gasteiger partial charge < -0.3 is 10.6 Å². The van der Waals surface area contributed by atoms with Crippen LogP contribution in [0.15, 0.2) is 48.8 Å². The van der Waals surface area contributed by atoms with Crippen molar-refractivity contribution in [2.45, 2.75) is 32.6 Å². The maximum Gasteiger partial charge on any atom is 0.319 e. The normalized spacial score (nSPS) is 11.0. The molecule has 0 aliphatic rings. The number of urea groups is 1. The molecule has 0 aliphatic carbocycles. The van der Waals surface area contributed by atoms with Crippen LogP contribution in [0.1, 0.15) is 31.9 Å². The lowest BCUT2D eigenvalue weighted by atomic mass is 9.86. The molecule has 0 saturated heterocycles. The zero-order valence-electron chi connectivity index (χ0n) is 13.4. The van der Waals surface area contributed by atoms with Crippen molar-refractivity contribution in [1.29, 1.82) is 0 Å². The molecule has 2 amide bonds. The van der Waals surface area contributed by atoms with Gasteiger partial charge in [0.2, 0.25) is 0 Å². The number of aromatic nitrogens is 1. The Labute approximate surface area is 132 Å². The Morgan fingerprint density at radius 2 is 1.91 bits per heavy atom. The largest absolute Gasteiger partial charge is 0.338 e. The fourth-order valence-corrected chi connectivity index (χ4v) is 2.28. The first-order valence-electron chi connectivity index (χ1n) is 7.50. The second kappa shape index (κ2) is 7.07. The molecule has 1 heterocycles. The molecule has 0 spiro atoms. The van der Waals surface area contributed by atoms with Crippen molar-refractivity contribution in [3.8, 4) is 0 Å². The van der Waals surface area contributed by atoms with Gasteiger partial charge in [0.1, 0.15) is 0 Å². The van der Waals surface area contributed by atoms with Crippen LogP contribution in [0.2, 0.25) is 0 Å². The van der Waals surface area contributed by atoms with Gasteiger partial charge in [-0.15, -0.1) is 0 Å². The van der Waals surface area contributed by atoms with Gasteiger partial charge >= 0.3 is 6.03 Å². The second-order valence-electron chi connectivity index (χ2n) is 6.29.